The van der Waals surface area contributed by atoms with Crippen LogP contribution in [0.5, 0.6) is 0 Å². The molecule has 1 amide bonds. The Morgan fingerprint density at radius 3 is 2.39 bits per heavy atom. The van der Waals surface area contributed by atoms with E-state index in [0.717, 1.165) is 17.7 Å². The summed E-state index contributed by atoms with van der Waals surface area (Å²) in [5, 5.41) is 0. The van der Waals surface area contributed by atoms with Crippen molar-refractivity contribution in [3.05, 3.63) is 89.7 Å². The number of aromatic nitrogens is 1. The molecule has 0 spiro atoms. The highest BCUT2D eigenvalue weighted by Crippen LogP contribution is 2.33. The molecule has 7 heteroatoms. The molecule has 2 aromatic carbocycles. The van der Waals surface area contributed by atoms with Gasteiger partial charge in [-0.15, -0.1) is 0 Å². The van der Waals surface area contributed by atoms with Crippen molar-refractivity contribution in [3.63, 3.8) is 0 Å². The van der Waals surface area contributed by atoms with Gasteiger partial charge in [-0.3, -0.25) is 9.78 Å². The van der Waals surface area contributed by atoms with Crippen molar-refractivity contribution in [2.24, 2.45) is 0 Å². The van der Waals surface area contributed by atoms with Crippen LogP contribution in [0.3, 0.4) is 0 Å². The van der Waals surface area contributed by atoms with E-state index in [4.69, 9.17) is 0 Å². The van der Waals surface area contributed by atoms with E-state index in [-0.39, 0.29) is 10.8 Å². The molecule has 160 valence electrons. The van der Waals surface area contributed by atoms with E-state index in [0.29, 0.717) is 24.2 Å². The van der Waals surface area contributed by atoms with Crippen molar-refractivity contribution in [2.75, 3.05) is 18.5 Å². The SMILES string of the molecule is Cc1cc(N2CCCC2=O)ccc1S(=O)(=O)N(C)C(c1ccccc1)c1ccccn1. The van der Waals surface area contributed by atoms with E-state index in [1.165, 1.54) is 4.31 Å². The van der Waals surface area contributed by atoms with Crippen LogP contribution in [0.1, 0.15) is 35.7 Å². The zero-order valence-corrected chi connectivity index (χ0v) is 18.4. The molecule has 0 radical (unpaired) electrons. The fourth-order valence-electron chi connectivity index (χ4n) is 4.05. The second-order valence-corrected chi connectivity index (χ2v) is 9.65. The van der Waals surface area contributed by atoms with E-state index in [1.54, 1.807) is 43.3 Å². The number of amides is 1. The van der Waals surface area contributed by atoms with E-state index < -0.39 is 16.1 Å². The first kappa shape index (κ1) is 21.2. The van der Waals surface area contributed by atoms with Crippen molar-refractivity contribution in [1.82, 2.24) is 9.29 Å². The summed E-state index contributed by atoms with van der Waals surface area (Å²) < 4.78 is 28.7. The van der Waals surface area contributed by atoms with Gasteiger partial charge in [-0.05, 0) is 54.8 Å². The molecule has 0 bridgehead atoms. The van der Waals surface area contributed by atoms with Crippen LogP contribution in [0.2, 0.25) is 0 Å². The molecule has 1 saturated heterocycles. The Labute approximate surface area is 183 Å². The van der Waals surface area contributed by atoms with Crippen LogP contribution in [0.25, 0.3) is 0 Å². The van der Waals surface area contributed by atoms with Gasteiger partial charge >= 0.3 is 0 Å². The zero-order chi connectivity index (χ0) is 22.0. The Morgan fingerprint density at radius 1 is 1.03 bits per heavy atom. The third-order valence-corrected chi connectivity index (χ3v) is 7.63. The van der Waals surface area contributed by atoms with E-state index in [1.807, 2.05) is 48.5 Å². The van der Waals surface area contributed by atoms with Gasteiger partial charge in [-0.25, -0.2) is 8.42 Å². The lowest BCUT2D eigenvalue weighted by molar-refractivity contribution is -0.117. The summed E-state index contributed by atoms with van der Waals surface area (Å²) in [4.78, 5) is 18.4. The quantitative estimate of drug-likeness (QED) is 0.588. The van der Waals surface area contributed by atoms with Crippen molar-refractivity contribution in [3.8, 4) is 0 Å². The molecule has 2 heterocycles. The van der Waals surface area contributed by atoms with Crippen molar-refractivity contribution in [2.45, 2.75) is 30.7 Å². The number of benzene rings is 2. The minimum Gasteiger partial charge on any atom is -0.312 e. The highest BCUT2D eigenvalue weighted by atomic mass is 32.2. The van der Waals surface area contributed by atoms with Gasteiger partial charge in [0.2, 0.25) is 15.9 Å². The minimum atomic E-state index is -3.83. The molecule has 1 aliphatic rings. The van der Waals surface area contributed by atoms with Crippen LogP contribution in [0, 0.1) is 6.92 Å². The van der Waals surface area contributed by atoms with Crippen LogP contribution < -0.4 is 4.90 Å². The molecule has 0 saturated carbocycles. The van der Waals surface area contributed by atoms with Crippen LogP contribution in [0.15, 0.2) is 77.8 Å². The Kier molecular flexibility index (Phi) is 5.89. The maximum atomic E-state index is 13.7. The predicted octanol–water partition coefficient (Wildman–Crippen LogP) is 3.93. The third-order valence-electron chi connectivity index (χ3n) is 5.65. The average Bonchev–Trinajstić information content (AvgIpc) is 3.21. The van der Waals surface area contributed by atoms with Gasteiger partial charge in [-0.2, -0.15) is 4.31 Å². The molecule has 1 fully saturated rings. The number of carbonyl (C=O) groups is 1. The van der Waals surface area contributed by atoms with Gasteiger partial charge in [-0.1, -0.05) is 36.4 Å². The predicted molar refractivity (Wildman–Crippen MR) is 120 cm³/mol. The summed E-state index contributed by atoms with van der Waals surface area (Å²) in [7, 11) is -2.25. The number of sulfonamides is 1. The van der Waals surface area contributed by atoms with Crippen LogP contribution >= 0.6 is 0 Å². The van der Waals surface area contributed by atoms with Crippen LogP contribution in [-0.4, -0.2) is 37.2 Å². The molecule has 4 rings (SSSR count). The Morgan fingerprint density at radius 2 is 1.77 bits per heavy atom. The van der Waals surface area contributed by atoms with Gasteiger partial charge < -0.3 is 4.90 Å². The van der Waals surface area contributed by atoms with Gasteiger partial charge in [0.05, 0.1) is 16.6 Å². The summed E-state index contributed by atoms with van der Waals surface area (Å²) in [6.45, 7) is 2.43. The number of carbonyl (C=O) groups excluding carboxylic acids is 1. The first-order valence-electron chi connectivity index (χ1n) is 10.2. The van der Waals surface area contributed by atoms with Crippen LogP contribution in [-0.2, 0) is 14.8 Å². The monoisotopic (exact) mass is 435 g/mol. The van der Waals surface area contributed by atoms with Crippen molar-refractivity contribution >= 4 is 21.6 Å². The standard InChI is InChI=1S/C24H25N3O3S/c1-18-17-20(27-16-8-12-23(27)28)13-14-22(18)31(29,30)26(2)24(19-9-4-3-5-10-19)21-11-6-7-15-25-21/h3-7,9-11,13-15,17,24H,8,12,16H2,1-2H3. The maximum absolute atomic E-state index is 13.7. The topological polar surface area (TPSA) is 70.6 Å². The van der Waals surface area contributed by atoms with Crippen molar-refractivity contribution < 1.29 is 13.2 Å². The largest absolute Gasteiger partial charge is 0.312 e. The van der Waals surface area contributed by atoms with Gasteiger partial charge in [0, 0.05) is 31.9 Å². The molecular formula is C24H25N3O3S. The minimum absolute atomic E-state index is 0.0754. The molecule has 1 unspecified atom stereocenters. The molecule has 6 nitrogen and oxygen atoms in total. The molecule has 31 heavy (non-hydrogen) atoms. The van der Waals surface area contributed by atoms with E-state index in [2.05, 4.69) is 4.98 Å². The highest BCUT2D eigenvalue weighted by molar-refractivity contribution is 7.89. The Hall–Kier alpha value is -3.03. The summed E-state index contributed by atoms with van der Waals surface area (Å²) in [6, 6.07) is 19.5. The van der Waals surface area contributed by atoms with Crippen LogP contribution in [0.4, 0.5) is 5.69 Å². The fourth-order valence-corrected chi connectivity index (χ4v) is 5.57. The second-order valence-electron chi connectivity index (χ2n) is 7.69. The zero-order valence-electron chi connectivity index (χ0n) is 17.6. The number of hydrogen-bond acceptors (Lipinski definition) is 4. The third kappa shape index (κ3) is 4.11. The summed E-state index contributed by atoms with van der Waals surface area (Å²) in [5.41, 5.74) is 2.84. The number of aryl methyl sites for hydroxylation is 1. The van der Waals surface area contributed by atoms with E-state index >= 15 is 0 Å². The number of nitrogens with zero attached hydrogens (tertiary/aromatic N) is 3. The summed E-state index contributed by atoms with van der Waals surface area (Å²) >= 11 is 0. The maximum Gasteiger partial charge on any atom is 0.244 e. The average molecular weight is 436 g/mol. The fraction of sp³-hybridized carbons (Fsp3) is 0.250. The second kappa shape index (κ2) is 8.61. The Bertz CT molecular complexity index is 1140. The van der Waals surface area contributed by atoms with Gasteiger partial charge in [0.25, 0.3) is 0 Å². The molecule has 0 N–H and O–H groups in total. The lowest BCUT2D eigenvalue weighted by Crippen LogP contribution is -2.33. The Balaban J connectivity index is 1.73. The molecule has 1 atom stereocenters. The number of anilines is 1. The molecule has 0 aliphatic carbocycles. The molecule has 1 aliphatic heterocycles. The van der Waals surface area contributed by atoms with Gasteiger partial charge in [0.1, 0.15) is 0 Å². The first-order valence-corrected chi connectivity index (χ1v) is 11.7. The smallest absolute Gasteiger partial charge is 0.244 e. The molecular weight excluding hydrogens is 410 g/mol. The number of pyridine rings is 1. The first-order chi connectivity index (χ1) is 14.9. The highest BCUT2D eigenvalue weighted by Gasteiger charge is 2.32. The molecule has 3 aromatic rings. The number of rotatable bonds is 6. The normalized spacial score (nSPS) is 15.5. The summed E-state index contributed by atoms with van der Waals surface area (Å²) in [5.74, 6) is 0.0754. The lowest BCUT2D eigenvalue weighted by atomic mass is 10.0. The number of hydrogen-bond donors (Lipinski definition) is 0. The molecule has 1 aromatic heterocycles. The van der Waals surface area contributed by atoms with Gasteiger partial charge in [0.15, 0.2) is 0 Å². The van der Waals surface area contributed by atoms with E-state index in [9.17, 15) is 13.2 Å². The van der Waals surface area contributed by atoms with Crippen molar-refractivity contribution in [1.29, 1.82) is 0 Å². The lowest BCUT2D eigenvalue weighted by Gasteiger charge is -2.28. The summed E-state index contributed by atoms with van der Waals surface area (Å²) in [6.07, 6.45) is 3.02.